The molecule has 3 heteroatoms. The van der Waals surface area contributed by atoms with E-state index in [1.165, 1.54) is 6.92 Å². The van der Waals surface area contributed by atoms with Crippen molar-refractivity contribution in [3.05, 3.63) is 34.3 Å². The van der Waals surface area contributed by atoms with Gasteiger partial charge in [-0.15, -0.1) is 0 Å². The van der Waals surface area contributed by atoms with Crippen molar-refractivity contribution in [1.82, 2.24) is 0 Å². The van der Waals surface area contributed by atoms with E-state index in [2.05, 4.69) is 0 Å². The van der Waals surface area contributed by atoms with Crippen LogP contribution in [0.2, 0.25) is 5.02 Å². The number of hydrogen-bond donors (Lipinski definition) is 1. The molecule has 1 unspecified atom stereocenters. The molecule has 0 spiro atoms. The summed E-state index contributed by atoms with van der Waals surface area (Å²) in [4.78, 5) is 11.9. The third-order valence-corrected chi connectivity index (χ3v) is 3.02. The number of carbonyl (C=O) groups is 1. The Morgan fingerprint density at radius 1 is 1.53 bits per heavy atom. The van der Waals surface area contributed by atoms with E-state index >= 15 is 0 Å². The smallest absolute Gasteiger partial charge is 0.194 e. The zero-order valence-electron chi connectivity index (χ0n) is 9.17. The standard InChI is InChI=1S/C12H15ClO2/c1-4-12(3,15)11(14)9-6-5-8(2)10(13)7-9/h5-7,15H,4H2,1-3H3. The number of hydrogen-bond acceptors (Lipinski definition) is 2. The number of Topliss-reactive ketones (excluding diaryl/α,β-unsaturated/α-hetero) is 1. The Labute approximate surface area is 94.9 Å². The molecule has 2 nitrogen and oxygen atoms in total. The molecule has 0 heterocycles. The van der Waals surface area contributed by atoms with Gasteiger partial charge >= 0.3 is 0 Å². The summed E-state index contributed by atoms with van der Waals surface area (Å²) < 4.78 is 0. The van der Waals surface area contributed by atoms with Gasteiger partial charge in [0, 0.05) is 10.6 Å². The Bertz CT molecular complexity index is 383. The minimum atomic E-state index is -1.31. The van der Waals surface area contributed by atoms with Crippen LogP contribution in [-0.2, 0) is 0 Å². The SMILES string of the molecule is CCC(C)(O)C(=O)c1ccc(C)c(Cl)c1. The maximum Gasteiger partial charge on any atom is 0.194 e. The zero-order chi connectivity index (χ0) is 11.6. The number of ketones is 1. The molecule has 1 atom stereocenters. The monoisotopic (exact) mass is 226 g/mol. The maximum atomic E-state index is 11.9. The Hall–Kier alpha value is -0.860. The molecule has 1 N–H and O–H groups in total. The number of aryl methyl sites for hydroxylation is 1. The minimum absolute atomic E-state index is 0.285. The fourth-order valence-electron chi connectivity index (χ4n) is 1.21. The lowest BCUT2D eigenvalue weighted by Gasteiger charge is -2.19. The van der Waals surface area contributed by atoms with E-state index in [4.69, 9.17) is 11.6 Å². The second kappa shape index (κ2) is 4.33. The van der Waals surface area contributed by atoms with Gasteiger partial charge in [0.05, 0.1) is 0 Å². The highest BCUT2D eigenvalue weighted by Crippen LogP contribution is 2.21. The fourth-order valence-corrected chi connectivity index (χ4v) is 1.39. The summed E-state index contributed by atoms with van der Waals surface area (Å²) in [5.41, 5.74) is 0.0697. The van der Waals surface area contributed by atoms with Crippen LogP contribution in [0, 0.1) is 6.92 Å². The molecule has 0 amide bonds. The van der Waals surface area contributed by atoms with E-state index < -0.39 is 5.60 Å². The van der Waals surface area contributed by atoms with Crippen LogP contribution < -0.4 is 0 Å². The number of rotatable bonds is 3. The molecule has 0 saturated carbocycles. The lowest BCUT2D eigenvalue weighted by molar-refractivity contribution is 0.0390. The van der Waals surface area contributed by atoms with Crippen LogP contribution in [0.25, 0.3) is 0 Å². The third kappa shape index (κ3) is 2.58. The summed E-state index contributed by atoms with van der Waals surface area (Å²) in [5.74, 6) is -0.285. The molecule has 1 aromatic carbocycles. The molecule has 82 valence electrons. The number of benzene rings is 1. The predicted octanol–water partition coefficient (Wildman–Crippen LogP) is 2.99. The van der Waals surface area contributed by atoms with Crippen LogP contribution >= 0.6 is 11.6 Å². The van der Waals surface area contributed by atoms with Crippen LogP contribution in [-0.4, -0.2) is 16.5 Å². The van der Waals surface area contributed by atoms with Crippen LogP contribution in [0.1, 0.15) is 36.2 Å². The van der Waals surface area contributed by atoms with E-state index in [-0.39, 0.29) is 5.78 Å². The molecule has 0 saturated heterocycles. The molecule has 0 aromatic heterocycles. The van der Waals surface area contributed by atoms with Gasteiger partial charge in [-0.05, 0) is 31.9 Å². The summed E-state index contributed by atoms with van der Waals surface area (Å²) in [7, 11) is 0. The van der Waals surface area contributed by atoms with E-state index in [9.17, 15) is 9.90 Å². The summed E-state index contributed by atoms with van der Waals surface area (Å²) in [6, 6.07) is 5.07. The summed E-state index contributed by atoms with van der Waals surface area (Å²) in [6.07, 6.45) is 0.386. The number of halogens is 1. The Morgan fingerprint density at radius 3 is 2.60 bits per heavy atom. The molecule has 1 rings (SSSR count). The van der Waals surface area contributed by atoms with E-state index in [1.807, 2.05) is 6.92 Å². The molecule has 0 radical (unpaired) electrons. The van der Waals surface area contributed by atoms with Crippen LogP contribution in [0.5, 0.6) is 0 Å². The van der Waals surface area contributed by atoms with Gasteiger partial charge in [0.15, 0.2) is 5.78 Å². The molecule has 0 aliphatic carbocycles. The number of aliphatic hydroxyl groups is 1. The first-order valence-electron chi connectivity index (χ1n) is 4.92. The van der Waals surface area contributed by atoms with Crippen LogP contribution in [0.3, 0.4) is 0 Å². The first kappa shape index (κ1) is 12.2. The largest absolute Gasteiger partial charge is 0.382 e. The zero-order valence-corrected chi connectivity index (χ0v) is 9.93. The molecule has 0 aliphatic rings. The molecule has 1 aromatic rings. The molecular weight excluding hydrogens is 212 g/mol. The van der Waals surface area contributed by atoms with Gasteiger partial charge in [-0.25, -0.2) is 0 Å². The van der Waals surface area contributed by atoms with Crippen LogP contribution in [0.15, 0.2) is 18.2 Å². The highest BCUT2D eigenvalue weighted by Gasteiger charge is 2.28. The first-order chi connectivity index (χ1) is 6.88. The van der Waals surface area contributed by atoms with E-state index in [1.54, 1.807) is 25.1 Å². The average molecular weight is 227 g/mol. The molecule has 0 fully saturated rings. The van der Waals surface area contributed by atoms with E-state index in [0.29, 0.717) is 17.0 Å². The fraction of sp³-hybridized carbons (Fsp3) is 0.417. The first-order valence-corrected chi connectivity index (χ1v) is 5.29. The van der Waals surface area contributed by atoms with Crippen molar-refractivity contribution < 1.29 is 9.90 Å². The summed E-state index contributed by atoms with van der Waals surface area (Å²) in [5, 5.41) is 10.4. The second-order valence-electron chi connectivity index (χ2n) is 3.92. The van der Waals surface area contributed by atoms with Gasteiger partial charge in [0.1, 0.15) is 5.60 Å². The van der Waals surface area contributed by atoms with Crippen LogP contribution in [0.4, 0.5) is 0 Å². The quantitative estimate of drug-likeness (QED) is 0.805. The van der Waals surface area contributed by atoms with Crippen molar-refractivity contribution in [3.8, 4) is 0 Å². The van der Waals surface area contributed by atoms with Crippen molar-refractivity contribution in [2.75, 3.05) is 0 Å². The van der Waals surface area contributed by atoms with Crippen molar-refractivity contribution >= 4 is 17.4 Å². The number of carbonyl (C=O) groups excluding carboxylic acids is 1. The van der Waals surface area contributed by atoms with Crippen molar-refractivity contribution in [2.24, 2.45) is 0 Å². The second-order valence-corrected chi connectivity index (χ2v) is 4.33. The molecule has 15 heavy (non-hydrogen) atoms. The Morgan fingerprint density at radius 2 is 2.13 bits per heavy atom. The van der Waals surface area contributed by atoms with Crippen molar-refractivity contribution in [2.45, 2.75) is 32.8 Å². The van der Waals surface area contributed by atoms with Gasteiger partial charge in [-0.2, -0.15) is 0 Å². The van der Waals surface area contributed by atoms with Gasteiger partial charge in [0.25, 0.3) is 0 Å². The van der Waals surface area contributed by atoms with Gasteiger partial charge in [0.2, 0.25) is 0 Å². The molecule has 0 bridgehead atoms. The highest BCUT2D eigenvalue weighted by atomic mass is 35.5. The normalized spacial score (nSPS) is 14.7. The topological polar surface area (TPSA) is 37.3 Å². The predicted molar refractivity (Wildman–Crippen MR) is 61.4 cm³/mol. The Balaban J connectivity index is 3.08. The van der Waals surface area contributed by atoms with Crippen molar-refractivity contribution in [1.29, 1.82) is 0 Å². The molecular formula is C12H15ClO2. The summed E-state index contributed by atoms with van der Waals surface area (Å²) in [6.45, 7) is 5.16. The van der Waals surface area contributed by atoms with E-state index in [0.717, 1.165) is 5.56 Å². The molecule has 0 aliphatic heterocycles. The van der Waals surface area contributed by atoms with Gasteiger partial charge < -0.3 is 5.11 Å². The highest BCUT2D eigenvalue weighted by molar-refractivity contribution is 6.31. The summed E-state index contributed by atoms with van der Waals surface area (Å²) >= 11 is 5.92. The van der Waals surface area contributed by atoms with Crippen molar-refractivity contribution in [3.63, 3.8) is 0 Å². The lowest BCUT2D eigenvalue weighted by atomic mass is 9.92. The maximum absolute atomic E-state index is 11.9. The lowest BCUT2D eigenvalue weighted by Crippen LogP contribution is -2.34. The van der Waals surface area contributed by atoms with Gasteiger partial charge in [-0.3, -0.25) is 4.79 Å². The Kier molecular flexibility index (Phi) is 3.53. The average Bonchev–Trinajstić information content (AvgIpc) is 2.21. The van der Waals surface area contributed by atoms with Gasteiger partial charge in [-0.1, -0.05) is 30.7 Å². The third-order valence-electron chi connectivity index (χ3n) is 2.61. The minimum Gasteiger partial charge on any atom is -0.382 e.